The predicted molar refractivity (Wildman–Crippen MR) is 66.8 cm³/mol. The third-order valence-electron chi connectivity index (χ3n) is 3.43. The van der Waals surface area contributed by atoms with E-state index in [9.17, 15) is 4.39 Å². The van der Waals surface area contributed by atoms with Crippen molar-refractivity contribution in [3.63, 3.8) is 0 Å². The first-order valence-electron chi connectivity index (χ1n) is 5.65. The molecule has 0 N–H and O–H groups in total. The number of hydrogen-bond acceptors (Lipinski definition) is 2. The molecule has 88 valence electrons. The number of halogens is 1. The van der Waals surface area contributed by atoms with Gasteiger partial charge in [0.2, 0.25) is 0 Å². The average Bonchev–Trinajstić information content (AvgIpc) is 2.22. The number of thiol groups is 1. The summed E-state index contributed by atoms with van der Waals surface area (Å²) in [6, 6.07) is 4.67. The van der Waals surface area contributed by atoms with Crippen molar-refractivity contribution in [3.8, 4) is 5.75 Å². The normalized spacial score (nSPS) is 17.9. The maximum absolute atomic E-state index is 13.0. The summed E-state index contributed by atoms with van der Waals surface area (Å²) in [6.07, 6.45) is 3.60. The molecule has 0 unspecified atom stereocenters. The van der Waals surface area contributed by atoms with Gasteiger partial charge in [-0.3, -0.25) is 0 Å². The van der Waals surface area contributed by atoms with Crippen molar-refractivity contribution in [3.05, 3.63) is 29.6 Å². The van der Waals surface area contributed by atoms with Crippen LogP contribution >= 0.6 is 12.6 Å². The number of benzene rings is 1. The Morgan fingerprint density at radius 3 is 2.75 bits per heavy atom. The monoisotopic (exact) mass is 240 g/mol. The topological polar surface area (TPSA) is 9.23 Å². The van der Waals surface area contributed by atoms with Crippen LogP contribution in [0.3, 0.4) is 0 Å². The fourth-order valence-corrected chi connectivity index (χ4v) is 2.39. The Labute approximate surface area is 101 Å². The van der Waals surface area contributed by atoms with Crippen LogP contribution in [0, 0.1) is 18.2 Å². The van der Waals surface area contributed by atoms with E-state index in [0.717, 1.165) is 11.3 Å². The smallest absolute Gasteiger partial charge is 0.126 e. The van der Waals surface area contributed by atoms with Gasteiger partial charge < -0.3 is 4.74 Å². The number of rotatable bonds is 4. The van der Waals surface area contributed by atoms with Crippen molar-refractivity contribution >= 4 is 12.6 Å². The molecule has 1 aromatic carbocycles. The molecule has 0 aliphatic heterocycles. The van der Waals surface area contributed by atoms with Crippen LogP contribution in [0.25, 0.3) is 0 Å². The Bertz CT molecular complexity index is 369. The second kappa shape index (κ2) is 4.66. The molecule has 0 radical (unpaired) electrons. The Morgan fingerprint density at radius 2 is 2.19 bits per heavy atom. The number of hydrogen-bond donors (Lipinski definition) is 1. The molecule has 16 heavy (non-hydrogen) atoms. The predicted octanol–water partition coefficient (Wildman–Crippen LogP) is 3.61. The minimum Gasteiger partial charge on any atom is -0.493 e. The van der Waals surface area contributed by atoms with Crippen molar-refractivity contribution in [2.75, 3.05) is 12.4 Å². The maximum Gasteiger partial charge on any atom is 0.126 e. The molecule has 2 rings (SSSR count). The molecule has 0 heterocycles. The molecule has 0 bridgehead atoms. The molecule has 0 amide bonds. The zero-order chi connectivity index (χ0) is 11.6. The van der Waals surface area contributed by atoms with E-state index in [2.05, 4.69) is 12.6 Å². The molecule has 1 aliphatic carbocycles. The van der Waals surface area contributed by atoms with Crippen LogP contribution in [0.2, 0.25) is 0 Å². The summed E-state index contributed by atoms with van der Waals surface area (Å²) in [5.74, 6) is 1.27. The summed E-state index contributed by atoms with van der Waals surface area (Å²) in [7, 11) is 0. The molecule has 0 spiro atoms. The highest BCUT2D eigenvalue weighted by molar-refractivity contribution is 7.80. The molecule has 3 heteroatoms. The summed E-state index contributed by atoms with van der Waals surface area (Å²) >= 11 is 4.37. The molecule has 1 nitrogen and oxygen atoms in total. The Hall–Kier alpha value is -0.700. The summed E-state index contributed by atoms with van der Waals surface area (Å²) in [6.45, 7) is 2.59. The van der Waals surface area contributed by atoms with Crippen LogP contribution in [-0.2, 0) is 0 Å². The quantitative estimate of drug-likeness (QED) is 0.791. The first-order valence-corrected chi connectivity index (χ1v) is 6.28. The molecule has 0 atom stereocenters. The first kappa shape index (κ1) is 11.8. The molecular weight excluding hydrogens is 223 g/mol. The molecular formula is C13H17FOS. The zero-order valence-corrected chi connectivity index (χ0v) is 10.4. The third-order valence-corrected chi connectivity index (χ3v) is 4.10. The van der Waals surface area contributed by atoms with Gasteiger partial charge in [-0.05, 0) is 37.1 Å². The lowest BCUT2D eigenvalue weighted by Crippen LogP contribution is -2.37. The van der Waals surface area contributed by atoms with Gasteiger partial charge in [-0.25, -0.2) is 4.39 Å². The van der Waals surface area contributed by atoms with E-state index in [1.54, 1.807) is 6.07 Å². The van der Waals surface area contributed by atoms with Gasteiger partial charge in [-0.15, -0.1) is 0 Å². The summed E-state index contributed by atoms with van der Waals surface area (Å²) < 4.78 is 18.8. The number of aryl methyl sites for hydroxylation is 1. The van der Waals surface area contributed by atoms with Gasteiger partial charge in [0.1, 0.15) is 11.6 Å². The largest absolute Gasteiger partial charge is 0.493 e. The van der Waals surface area contributed by atoms with Crippen molar-refractivity contribution in [2.24, 2.45) is 5.41 Å². The van der Waals surface area contributed by atoms with Crippen LogP contribution < -0.4 is 4.74 Å². The minimum atomic E-state index is -0.242. The lowest BCUT2D eigenvalue weighted by molar-refractivity contribution is 0.0823. The lowest BCUT2D eigenvalue weighted by Gasteiger charge is -2.40. The van der Waals surface area contributed by atoms with E-state index in [1.807, 2.05) is 6.92 Å². The second-order valence-electron chi connectivity index (χ2n) is 4.71. The SMILES string of the molecule is Cc1ccc(F)cc1OCC1(CS)CCC1. The summed E-state index contributed by atoms with van der Waals surface area (Å²) in [5.41, 5.74) is 1.21. The molecule has 0 saturated heterocycles. The van der Waals surface area contributed by atoms with Crippen molar-refractivity contribution in [1.82, 2.24) is 0 Å². The number of ether oxygens (including phenoxy) is 1. The first-order chi connectivity index (χ1) is 7.65. The van der Waals surface area contributed by atoms with Gasteiger partial charge in [0.05, 0.1) is 6.61 Å². The zero-order valence-electron chi connectivity index (χ0n) is 9.50. The van der Waals surface area contributed by atoms with Crippen LogP contribution in [-0.4, -0.2) is 12.4 Å². The Balaban J connectivity index is 2.01. The van der Waals surface area contributed by atoms with Crippen LogP contribution in [0.4, 0.5) is 4.39 Å². The fraction of sp³-hybridized carbons (Fsp3) is 0.538. The second-order valence-corrected chi connectivity index (χ2v) is 5.03. The molecule has 1 fully saturated rings. The van der Waals surface area contributed by atoms with E-state index in [1.165, 1.54) is 31.4 Å². The van der Waals surface area contributed by atoms with E-state index in [4.69, 9.17) is 4.74 Å². The Morgan fingerprint density at radius 1 is 1.44 bits per heavy atom. The highest BCUT2D eigenvalue weighted by Crippen LogP contribution is 2.42. The van der Waals surface area contributed by atoms with Crippen molar-refractivity contribution in [1.29, 1.82) is 0 Å². The molecule has 0 aromatic heterocycles. The van der Waals surface area contributed by atoms with Gasteiger partial charge in [0.25, 0.3) is 0 Å². The summed E-state index contributed by atoms with van der Waals surface area (Å²) in [5, 5.41) is 0. The van der Waals surface area contributed by atoms with Gasteiger partial charge in [-0.2, -0.15) is 12.6 Å². The van der Waals surface area contributed by atoms with Gasteiger partial charge in [-0.1, -0.05) is 12.5 Å². The maximum atomic E-state index is 13.0. The third kappa shape index (κ3) is 2.34. The average molecular weight is 240 g/mol. The van der Waals surface area contributed by atoms with E-state index in [-0.39, 0.29) is 11.2 Å². The van der Waals surface area contributed by atoms with Gasteiger partial charge in [0, 0.05) is 11.5 Å². The molecule has 1 saturated carbocycles. The van der Waals surface area contributed by atoms with Crippen molar-refractivity contribution < 1.29 is 9.13 Å². The molecule has 1 aromatic rings. The standard InChI is InChI=1S/C13H17FOS/c1-10-3-4-11(14)7-12(10)15-8-13(9-16)5-2-6-13/h3-4,7,16H,2,5-6,8-9H2,1H3. The van der Waals surface area contributed by atoms with Crippen molar-refractivity contribution in [2.45, 2.75) is 26.2 Å². The molecule has 1 aliphatic rings. The van der Waals surface area contributed by atoms with Gasteiger partial charge >= 0.3 is 0 Å². The van der Waals surface area contributed by atoms with E-state index < -0.39 is 0 Å². The van der Waals surface area contributed by atoms with Crippen LogP contribution in [0.15, 0.2) is 18.2 Å². The summed E-state index contributed by atoms with van der Waals surface area (Å²) in [4.78, 5) is 0. The highest BCUT2D eigenvalue weighted by atomic mass is 32.1. The van der Waals surface area contributed by atoms with E-state index in [0.29, 0.717) is 12.4 Å². The van der Waals surface area contributed by atoms with Crippen LogP contribution in [0.1, 0.15) is 24.8 Å². The minimum absolute atomic E-state index is 0.224. The lowest BCUT2D eigenvalue weighted by atomic mass is 9.71. The van der Waals surface area contributed by atoms with E-state index >= 15 is 0 Å². The fourth-order valence-electron chi connectivity index (χ4n) is 1.99. The van der Waals surface area contributed by atoms with Crippen LogP contribution in [0.5, 0.6) is 5.75 Å². The van der Waals surface area contributed by atoms with Gasteiger partial charge in [0.15, 0.2) is 0 Å². The highest BCUT2D eigenvalue weighted by Gasteiger charge is 2.36. The Kier molecular flexibility index (Phi) is 3.43.